The minimum Gasteiger partial charge on any atom is -0.485 e. The van der Waals surface area contributed by atoms with Crippen molar-refractivity contribution in [3.63, 3.8) is 0 Å². The van der Waals surface area contributed by atoms with Gasteiger partial charge in [0.25, 0.3) is 0 Å². The van der Waals surface area contributed by atoms with E-state index in [1.165, 1.54) is 19.8 Å². The molecule has 110 valence electrons. The Morgan fingerprint density at radius 3 is 2.81 bits per heavy atom. The van der Waals surface area contributed by atoms with Gasteiger partial charge in [0.15, 0.2) is 11.6 Å². The molecule has 3 nitrogen and oxygen atoms in total. The second kappa shape index (κ2) is 5.84. The zero-order valence-corrected chi connectivity index (χ0v) is 12.4. The minimum atomic E-state index is -0.119. The van der Waals surface area contributed by atoms with Crippen molar-refractivity contribution < 1.29 is 14.3 Å². The summed E-state index contributed by atoms with van der Waals surface area (Å²) in [4.78, 5) is 24.2. The van der Waals surface area contributed by atoms with E-state index in [2.05, 4.69) is 0 Å². The molecule has 1 aliphatic carbocycles. The molecule has 1 unspecified atom stereocenters. The number of fused-ring (bicyclic) bond motifs is 2. The Labute approximate surface area is 125 Å². The van der Waals surface area contributed by atoms with Crippen molar-refractivity contribution in [2.45, 2.75) is 51.6 Å². The molecule has 0 fully saturated rings. The van der Waals surface area contributed by atoms with Gasteiger partial charge in [0.05, 0.1) is 5.56 Å². The molecule has 1 aromatic rings. The molecule has 1 aromatic carbocycles. The van der Waals surface area contributed by atoms with Crippen molar-refractivity contribution >= 4 is 11.6 Å². The first-order chi connectivity index (χ1) is 10.2. The van der Waals surface area contributed by atoms with Crippen molar-refractivity contribution in [3.05, 3.63) is 41.0 Å². The molecule has 1 atom stereocenters. The van der Waals surface area contributed by atoms with Gasteiger partial charge in [0, 0.05) is 11.1 Å². The Morgan fingerprint density at radius 1 is 1.19 bits per heavy atom. The fourth-order valence-electron chi connectivity index (χ4n) is 3.07. The van der Waals surface area contributed by atoms with E-state index in [4.69, 9.17) is 4.74 Å². The lowest BCUT2D eigenvalue weighted by Crippen LogP contribution is -2.30. The lowest BCUT2D eigenvalue weighted by molar-refractivity contribution is 0.0954. The first-order valence-electron chi connectivity index (χ1n) is 7.73. The molecule has 1 heterocycles. The van der Waals surface area contributed by atoms with Gasteiger partial charge in [-0.15, -0.1) is 0 Å². The summed E-state index contributed by atoms with van der Waals surface area (Å²) < 4.78 is 6.03. The minimum absolute atomic E-state index is 0.0313. The number of benzene rings is 1. The lowest BCUT2D eigenvalue weighted by Gasteiger charge is -2.28. The van der Waals surface area contributed by atoms with Crippen LogP contribution in [0.4, 0.5) is 0 Å². The standard InChI is InChI=1S/C18H20O3/c1-12(19)13-9-10-17-15(11-13)18(20)14-7-5-3-2-4-6-8-16(14)21-17/h7,9-11,16H,2-6,8H2,1H3/b14-7+. The van der Waals surface area contributed by atoms with Gasteiger partial charge in [-0.3, -0.25) is 9.59 Å². The van der Waals surface area contributed by atoms with Crippen LogP contribution < -0.4 is 4.74 Å². The van der Waals surface area contributed by atoms with E-state index in [1.54, 1.807) is 18.2 Å². The number of ether oxygens (including phenoxy) is 1. The summed E-state index contributed by atoms with van der Waals surface area (Å²) in [6.45, 7) is 1.51. The lowest BCUT2D eigenvalue weighted by atomic mass is 9.90. The normalized spacial score (nSPS) is 24.3. The largest absolute Gasteiger partial charge is 0.485 e. The molecule has 0 saturated carbocycles. The highest BCUT2D eigenvalue weighted by Crippen LogP contribution is 2.34. The number of allylic oxidation sites excluding steroid dienone is 1. The van der Waals surface area contributed by atoms with Crippen molar-refractivity contribution in [3.8, 4) is 5.75 Å². The Hall–Kier alpha value is -1.90. The van der Waals surface area contributed by atoms with E-state index in [-0.39, 0.29) is 17.7 Å². The highest BCUT2D eigenvalue weighted by molar-refractivity contribution is 6.13. The third-order valence-electron chi connectivity index (χ3n) is 4.29. The second-order valence-corrected chi connectivity index (χ2v) is 5.85. The molecule has 0 amide bonds. The van der Waals surface area contributed by atoms with Crippen molar-refractivity contribution in [2.75, 3.05) is 0 Å². The molecular weight excluding hydrogens is 264 g/mol. The monoisotopic (exact) mass is 284 g/mol. The molecular formula is C18H20O3. The number of rotatable bonds is 1. The summed E-state index contributed by atoms with van der Waals surface area (Å²) in [6, 6.07) is 5.16. The molecule has 0 bridgehead atoms. The molecule has 21 heavy (non-hydrogen) atoms. The Balaban J connectivity index is 2.00. The smallest absolute Gasteiger partial charge is 0.196 e. The van der Waals surface area contributed by atoms with Gasteiger partial charge in [-0.2, -0.15) is 0 Å². The van der Waals surface area contributed by atoms with Gasteiger partial charge in [0.1, 0.15) is 11.9 Å². The van der Waals surface area contributed by atoms with E-state index in [0.717, 1.165) is 31.3 Å². The summed E-state index contributed by atoms with van der Waals surface area (Å²) in [5.41, 5.74) is 1.88. The van der Waals surface area contributed by atoms with Crippen LogP contribution in [0.1, 0.15) is 66.2 Å². The highest BCUT2D eigenvalue weighted by Gasteiger charge is 2.31. The van der Waals surface area contributed by atoms with Crippen LogP contribution in [0.5, 0.6) is 5.75 Å². The summed E-state index contributed by atoms with van der Waals surface area (Å²) >= 11 is 0. The summed E-state index contributed by atoms with van der Waals surface area (Å²) in [7, 11) is 0. The number of carbonyl (C=O) groups is 2. The maximum absolute atomic E-state index is 12.7. The van der Waals surface area contributed by atoms with Crippen LogP contribution in [0, 0.1) is 0 Å². The number of hydrogen-bond donors (Lipinski definition) is 0. The maximum Gasteiger partial charge on any atom is 0.196 e. The van der Waals surface area contributed by atoms with Crippen LogP contribution in [-0.4, -0.2) is 17.7 Å². The maximum atomic E-state index is 12.7. The number of hydrogen-bond acceptors (Lipinski definition) is 3. The number of ketones is 2. The zero-order valence-electron chi connectivity index (χ0n) is 12.4. The predicted octanol–water partition coefficient (Wildman–Crippen LogP) is 4.11. The molecule has 0 aromatic heterocycles. The molecule has 0 saturated heterocycles. The molecule has 2 aliphatic rings. The second-order valence-electron chi connectivity index (χ2n) is 5.85. The average molecular weight is 284 g/mol. The molecule has 0 spiro atoms. The van der Waals surface area contributed by atoms with Gasteiger partial charge < -0.3 is 4.74 Å². The molecule has 1 aliphatic heterocycles. The van der Waals surface area contributed by atoms with Crippen molar-refractivity contribution in [1.29, 1.82) is 0 Å². The quantitative estimate of drug-likeness (QED) is 0.729. The zero-order chi connectivity index (χ0) is 14.8. The first-order valence-corrected chi connectivity index (χ1v) is 7.73. The summed E-state index contributed by atoms with van der Waals surface area (Å²) in [6.07, 6.45) is 8.39. The van der Waals surface area contributed by atoms with Crippen LogP contribution in [0.3, 0.4) is 0 Å². The van der Waals surface area contributed by atoms with E-state index in [1.807, 2.05) is 6.08 Å². The molecule has 0 N–H and O–H groups in total. The van der Waals surface area contributed by atoms with Gasteiger partial charge in [0.2, 0.25) is 0 Å². The third-order valence-corrected chi connectivity index (χ3v) is 4.29. The van der Waals surface area contributed by atoms with Crippen molar-refractivity contribution in [2.24, 2.45) is 0 Å². The van der Waals surface area contributed by atoms with Gasteiger partial charge in [-0.1, -0.05) is 18.9 Å². The van der Waals surface area contributed by atoms with Crippen LogP contribution in [0.25, 0.3) is 0 Å². The summed E-state index contributed by atoms with van der Waals surface area (Å²) in [5.74, 6) is 0.619. The Morgan fingerprint density at radius 2 is 2.00 bits per heavy atom. The topological polar surface area (TPSA) is 43.4 Å². The first kappa shape index (κ1) is 14.1. The molecule has 3 heteroatoms. The van der Waals surface area contributed by atoms with E-state index < -0.39 is 0 Å². The van der Waals surface area contributed by atoms with E-state index in [0.29, 0.717) is 16.9 Å². The van der Waals surface area contributed by atoms with Crippen molar-refractivity contribution in [1.82, 2.24) is 0 Å². The SMILES string of the molecule is CC(=O)c1ccc2c(c1)C(=O)/C1=C/CCCCCCC1O2. The fraction of sp³-hybridized carbons (Fsp3) is 0.444. The molecule has 0 radical (unpaired) electrons. The van der Waals surface area contributed by atoms with E-state index in [9.17, 15) is 9.59 Å². The van der Waals surface area contributed by atoms with Crippen LogP contribution in [0.2, 0.25) is 0 Å². The summed E-state index contributed by atoms with van der Waals surface area (Å²) in [5, 5.41) is 0. The third kappa shape index (κ3) is 2.78. The van der Waals surface area contributed by atoms with Crippen LogP contribution in [0.15, 0.2) is 29.8 Å². The van der Waals surface area contributed by atoms with Gasteiger partial charge in [-0.05, 0) is 50.8 Å². The highest BCUT2D eigenvalue weighted by atomic mass is 16.5. The molecule has 3 rings (SSSR count). The van der Waals surface area contributed by atoms with Gasteiger partial charge in [-0.25, -0.2) is 0 Å². The van der Waals surface area contributed by atoms with E-state index >= 15 is 0 Å². The fourth-order valence-corrected chi connectivity index (χ4v) is 3.07. The number of carbonyl (C=O) groups excluding carboxylic acids is 2. The average Bonchev–Trinajstić information content (AvgIpc) is 2.59. The van der Waals surface area contributed by atoms with Crippen LogP contribution in [-0.2, 0) is 0 Å². The van der Waals surface area contributed by atoms with Gasteiger partial charge >= 0.3 is 0 Å². The predicted molar refractivity (Wildman–Crippen MR) is 81.0 cm³/mol. The Kier molecular flexibility index (Phi) is 3.91. The number of Topliss-reactive ketones (excluding diaryl/α,β-unsaturated/α-hetero) is 2. The van der Waals surface area contributed by atoms with Crippen LogP contribution >= 0.6 is 0 Å². The Bertz CT molecular complexity index is 613.